The van der Waals surface area contributed by atoms with Crippen molar-refractivity contribution < 1.29 is 9.53 Å². The Bertz CT molecular complexity index is 1140. The standard InChI is InChI=1S/C21H19N5O2/c1-14-12-19(24-20(27)11-10-15-6-5-7-16(13-15)28-2)26(25-14)21-22-17-8-3-4-9-18(17)23-21/h3-13H,1-2H3,(H,22,23)(H,24,27)/b11-10+. The first kappa shape index (κ1) is 17.5. The zero-order valence-electron chi connectivity index (χ0n) is 15.5. The number of ether oxygens (including phenoxy) is 1. The van der Waals surface area contributed by atoms with Crippen LogP contribution in [0.15, 0.2) is 60.7 Å². The number of rotatable bonds is 5. The number of para-hydroxylation sites is 2. The van der Waals surface area contributed by atoms with Crippen molar-refractivity contribution in [3.63, 3.8) is 0 Å². The second kappa shape index (κ2) is 7.40. The van der Waals surface area contributed by atoms with Crippen LogP contribution in [0, 0.1) is 6.92 Å². The predicted octanol–water partition coefficient (Wildman–Crippen LogP) is 3.72. The third-order valence-electron chi connectivity index (χ3n) is 4.18. The summed E-state index contributed by atoms with van der Waals surface area (Å²) in [5.41, 5.74) is 3.38. The van der Waals surface area contributed by atoms with Crippen LogP contribution in [0.4, 0.5) is 5.82 Å². The Morgan fingerprint density at radius 3 is 2.86 bits per heavy atom. The number of methoxy groups -OCH3 is 1. The van der Waals surface area contributed by atoms with Crippen LogP contribution in [0.2, 0.25) is 0 Å². The molecule has 140 valence electrons. The fourth-order valence-corrected chi connectivity index (χ4v) is 2.87. The number of aromatic nitrogens is 4. The second-order valence-corrected chi connectivity index (χ2v) is 6.26. The first-order valence-corrected chi connectivity index (χ1v) is 8.77. The lowest BCUT2D eigenvalue weighted by molar-refractivity contribution is -0.111. The molecule has 2 aromatic carbocycles. The molecule has 7 nitrogen and oxygen atoms in total. The number of hydrogen-bond donors (Lipinski definition) is 2. The fourth-order valence-electron chi connectivity index (χ4n) is 2.87. The molecular weight excluding hydrogens is 354 g/mol. The van der Waals surface area contributed by atoms with E-state index in [2.05, 4.69) is 20.4 Å². The van der Waals surface area contributed by atoms with Gasteiger partial charge in [0, 0.05) is 12.1 Å². The summed E-state index contributed by atoms with van der Waals surface area (Å²) in [5, 5.41) is 7.29. The molecule has 2 aromatic heterocycles. The Balaban J connectivity index is 1.56. The van der Waals surface area contributed by atoms with Crippen molar-refractivity contribution in [3.05, 3.63) is 71.9 Å². The molecule has 2 heterocycles. The molecule has 0 radical (unpaired) electrons. The predicted molar refractivity (Wildman–Crippen MR) is 109 cm³/mol. The Hall–Kier alpha value is -3.87. The number of hydrogen-bond acceptors (Lipinski definition) is 4. The van der Waals surface area contributed by atoms with Crippen molar-refractivity contribution in [1.82, 2.24) is 19.7 Å². The maximum absolute atomic E-state index is 12.4. The molecule has 0 fully saturated rings. The first-order chi connectivity index (χ1) is 13.6. The molecule has 4 aromatic rings. The van der Waals surface area contributed by atoms with Gasteiger partial charge in [0.2, 0.25) is 11.9 Å². The smallest absolute Gasteiger partial charge is 0.249 e. The summed E-state index contributed by atoms with van der Waals surface area (Å²) >= 11 is 0. The van der Waals surface area contributed by atoms with E-state index in [1.165, 1.54) is 6.08 Å². The number of H-pyrrole nitrogens is 1. The van der Waals surface area contributed by atoms with Crippen molar-refractivity contribution >= 4 is 28.8 Å². The fraction of sp³-hybridized carbons (Fsp3) is 0.0952. The maximum atomic E-state index is 12.4. The van der Waals surface area contributed by atoms with Gasteiger partial charge in [0.25, 0.3) is 0 Å². The van der Waals surface area contributed by atoms with E-state index in [1.54, 1.807) is 23.9 Å². The van der Waals surface area contributed by atoms with Crippen LogP contribution >= 0.6 is 0 Å². The third-order valence-corrected chi connectivity index (χ3v) is 4.18. The van der Waals surface area contributed by atoms with Crippen molar-refractivity contribution in [2.75, 3.05) is 12.4 Å². The normalized spacial score (nSPS) is 11.2. The van der Waals surface area contributed by atoms with Crippen LogP contribution in [0.5, 0.6) is 5.75 Å². The Morgan fingerprint density at radius 1 is 1.18 bits per heavy atom. The van der Waals surface area contributed by atoms with Crippen LogP contribution in [-0.2, 0) is 4.79 Å². The highest BCUT2D eigenvalue weighted by molar-refractivity contribution is 6.01. The molecule has 0 unspecified atom stereocenters. The van der Waals surface area contributed by atoms with E-state index in [0.717, 1.165) is 28.0 Å². The van der Waals surface area contributed by atoms with Crippen molar-refractivity contribution in [1.29, 1.82) is 0 Å². The number of aryl methyl sites for hydroxylation is 1. The van der Waals surface area contributed by atoms with E-state index in [4.69, 9.17) is 4.74 Å². The highest BCUT2D eigenvalue weighted by Crippen LogP contribution is 2.19. The number of nitrogens with zero attached hydrogens (tertiary/aromatic N) is 3. The molecule has 0 aliphatic heterocycles. The minimum atomic E-state index is -0.264. The highest BCUT2D eigenvalue weighted by atomic mass is 16.5. The van der Waals surface area contributed by atoms with Crippen molar-refractivity contribution in [2.45, 2.75) is 6.92 Å². The van der Waals surface area contributed by atoms with Crippen molar-refractivity contribution in [2.24, 2.45) is 0 Å². The van der Waals surface area contributed by atoms with E-state index in [9.17, 15) is 4.79 Å². The number of anilines is 1. The van der Waals surface area contributed by atoms with Crippen LogP contribution in [-0.4, -0.2) is 32.8 Å². The average Bonchev–Trinajstić information content (AvgIpc) is 3.29. The van der Waals surface area contributed by atoms with Gasteiger partial charge in [0.1, 0.15) is 11.6 Å². The number of aromatic amines is 1. The molecule has 7 heteroatoms. The molecule has 4 rings (SSSR count). The summed E-state index contributed by atoms with van der Waals surface area (Å²) in [5.74, 6) is 1.56. The molecule has 2 N–H and O–H groups in total. The lowest BCUT2D eigenvalue weighted by atomic mass is 10.2. The third kappa shape index (κ3) is 3.64. The second-order valence-electron chi connectivity index (χ2n) is 6.26. The lowest BCUT2D eigenvalue weighted by Crippen LogP contribution is -2.13. The molecule has 0 spiro atoms. The highest BCUT2D eigenvalue weighted by Gasteiger charge is 2.13. The number of carbonyl (C=O) groups is 1. The minimum Gasteiger partial charge on any atom is -0.497 e. The number of imidazole rings is 1. The van der Waals surface area contributed by atoms with E-state index in [0.29, 0.717) is 11.8 Å². The SMILES string of the molecule is COc1cccc(/C=C/C(=O)Nc2cc(C)nn2-c2nc3ccccc3[nH]2)c1. The minimum absolute atomic E-state index is 0.264. The number of nitrogens with one attached hydrogen (secondary N) is 2. The zero-order valence-corrected chi connectivity index (χ0v) is 15.5. The lowest BCUT2D eigenvalue weighted by Gasteiger charge is -2.04. The number of carbonyl (C=O) groups excluding carboxylic acids is 1. The van der Waals surface area contributed by atoms with E-state index >= 15 is 0 Å². The molecule has 0 aliphatic carbocycles. The van der Waals surface area contributed by atoms with Gasteiger partial charge in [0.05, 0.1) is 23.8 Å². The van der Waals surface area contributed by atoms with Crippen molar-refractivity contribution in [3.8, 4) is 11.7 Å². The summed E-state index contributed by atoms with van der Waals surface area (Å²) in [7, 11) is 1.61. The molecule has 0 bridgehead atoms. The molecule has 0 saturated heterocycles. The van der Waals surface area contributed by atoms with Gasteiger partial charge < -0.3 is 15.0 Å². The largest absolute Gasteiger partial charge is 0.497 e. The summed E-state index contributed by atoms with van der Waals surface area (Å²) < 4.78 is 6.78. The van der Waals surface area contributed by atoms with Gasteiger partial charge >= 0.3 is 0 Å². The summed E-state index contributed by atoms with van der Waals surface area (Å²) in [4.78, 5) is 20.2. The van der Waals surface area contributed by atoms with Crippen LogP contribution < -0.4 is 10.1 Å². The van der Waals surface area contributed by atoms with Gasteiger partial charge in [-0.1, -0.05) is 24.3 Å². The van der Waals surface area contributed by atoms with Crippen LogP contribution in [0.3, 0.4) is 0 Å². The monoisotopic (exact) mass is 373 g/mol. The van der Waals surface area contributed by atoms with Gasteiger partial charge in [-0.3, -0.25) is 4.79 Å². The first-order valence-electron chi connectivity index (χ1n) is 8.77. The Labute approximate surface area is 161 Å². The Kier molecular flexibility index (Phi) is 4.63. The summed E-state index contributed by atoms with van der Waals surface area (Å²) in [6, 6.07) is 17.0. The van der Waals surface area contributed by atoms with Crippen LogP contribution in [0.25, 0.3) is 23.1 Å². The average molecular weight is 373 g/mol. The van der Waals surface area contributed by atoms with Gasteiger partial charge in [-0.25, -0.2) is 4.98 Å². The topological polar surface area (TPSA) is 84.8 Å². The van der Waals surface area contributed by atoms with E-state index < -0.39 is 0 Å². The van der Waals surface area contributed by atoms with E-state index in [-0.39, 0.29) is 5.91 Å². The van der Waals surface area contributed by atoms with Crippen LogP contribution in [0.1, 0.15) is 11.3 Å². The number of fused-ring (bicyclic) bond motifs is 1. The molecule has 0 atom stereocenters. The molecular formula is C21H19N5O2. The molecule has 28 heavy (non-hydrogen) atoms. The summed E-state index contributed by atoms with van der Waals surface area (Å²) in [6.07, 6.45) is 3.20. The van der Waals surface area contributed by atoms with Gasteiger partial charge in [-0.2, -0.15) is 9.78 Å². The number of benzene rings is 2. The zero-order chi connectivity index (χ0) is 19.5. The maximum Gasteiger partial charge on any atom is 0.249 e. The molecule has 1 amide bonds. The van der Waals surface area contributed by atoms with Gasteiger partial charge in [-0.05, 0) is 42.8 Å². The van der Waals surface area contributed by atoms with Gasteiger partial charge in [0.15, 0.2) is 0 Å². The van der Waals surface area contributed by atoms with Gasteiger partial charge in [-0.15, -0.1) is 0 Å². The molecule has 0 saturated carbocycles. The Morgan fingerprint density at radius 2 is 2.04 bits per heavy atom. The molecule has 0 aliphatic rings. The number of amides is 1. The van der Waals surface area contributed by atoms with E-state index in [1.807, 2.05) is 55.5 Å². The summed E-state index contributed by atoms with van der Waals surface area (Å²) in [6.45, 7) is 1.86. The quantitative estimate of drug-likeness (QED) is 0.522.